The lowest BCUT2D eigenvalue weighted by Crippen LogP contribution is -2.26. The summed E-state index contributed by atoms with van der Waals surface area (Å²) in [6, 6.07) is 5.97. The lowest BCUT2D eigenvalue weighted by molar-refractivity contribution is 0.289. The van der Waals surface area contributed by atoms with E-state index < -0.39 is 0 Å². The molecule has 4 heteroatoms. The predicted octanol–water partition coefficient (Wildman–Crippen LogP) is 2.27. The van der Waals surface area contributed by atoms with Gasteiger partial charge >= 0.3 is 0 Å². The zero-order valence-corrected chi connectivity index (χ0v) is 11.3. The van der Waals surface area contributed by atoms with Crippen molar-refractivity contribution in [1.82, 2.24) is 5.32 Å². The number of hydrogen-bond donors (Lipinski definition) is 2. The first kappa shape index (κ1) is 14.3. The molecule has 96 valence electrons. The van der Waals surface area contributed by atoms with Gasteiger partial charge in [0.25, 0.3) is 0 Å². The Hall–Kier alpha value is -0.770. The van der Waals surface area contributed by atoms with Crippen molar-refractivity contribution in [3.05, 3.63) is 28.8 Å². The summed E-state index contributed by atoms with van der Waals surface area (Å²) in [7, 11) is 1.91. The fourth-order valence-corrected chi connectivity index (χ4v) is 2.14. The topological polar surface area (TPSA) is 35.5 Å². The Balaban J connectivity index is 2.96. The van der Waals surface area contributed by atoms with Gasteiger partial charge in [0.1, 0.15) is 0 Å². The Bertz CT molecular complexity index is 344. The minimum absolute atomic E-state index is 0.221. The molecule has 0 spiro atoms. The van der Waals surface area contributed by atoms with E-state index in [1.807, 2.05) is 19.2 Å². The Kier molecular flexibility index (Phi) is 6.34. The van der Waals surface area contributed by atoms with Gasteiger partial charge in [-0.1, -0.05) is 17.7 Å². The van der Waals surface area contributed by atoms with E-state index in [1.165, 1.54) is 0 Å². The summed E-state index contributed by atoms with van der Waals surface area (Å²) in [6.45, 7) is 4.85. The van der Waals surface area contributed by atoms with Gasteiger partial charge in [-0.15, -0.1) is 0 Å². The molecule has 3 nitrogen and oxygen atoms in total. The highest BCUT2D eigenvalue weighted by atomic mass is 35.5. The van der Waals surface area contributed by atoms with Gasteiger partial charge in [-0.2, -0.15) is 0 Å². The fourth-order valence-electron chi connectivity index (χ4n) is 1.91. The van der Waals surface area contributed by atoms with Crippen molar-refractivity contribution in [2.24, 2.45) is 0 Å². The van der Waals surface area contributed by atoms with Crippen LogP contribution in [-0.4, -0.2) is 31.9 Å². The minimum Gasteiger partial charge on any atom is -0.396 e. The number of rotatable bonds is 7. The summed E-state index contributed by atoms with van der Waals surface area (Å²) in [5, 5.41) is 12.9. The smallest absolute Gasteiger partial charge is 0.0471 e. The van der Waals surface area contributed by atoms with E-state index in [4.69, 9.17) is 16.7 Å². The first-order chi connectivity index (χ1) is 8.24. The Morgan fingerprint density at radius 2 is 2.18 bits per heavy atom. The zero-order valence-electron chi connectivity index (χ0n) is 10.5. The number of hydrogen-bond acceptors (Lipinski definition) is 3. The Morgan fingerprint density at radius 1 is 1.41 bits per heavy atom. The summed E-state index contributed by atoms with van der Waals surface area (Å²) >= 11 is 6.23. The van der Waals surface area contributed by atoms with Crippen LogP contribution in [0.3, 0.4) is 0 Å². The van der Waals surface area contributed by atoms with Gasteiger partial charge < -0.3 is 15.3 Å². The number of aliphatic hydroxyl groups excluding tert-OH is 1. The Labute approximate surface area is 108 Å². The minimum atomic E-state index is 0.221. The zero-order chi connectivity index (χ0) is 12.7. The first-order valence-electron chi connectivity index (χ1n) is 6.02. The summed E-state index contributed by atoms with van der Waals surface area (Å²) in [6.07, 6.45) is 0.777. The van der Waals surface area contributed by atoms with E-state index in [0.29, 0.717) is 0 Å². The highest BCUT2D eigenvalue weighted by Crippen LogP contribution is 2.27. The molecule has 0 aliphatic rings. The monoisotopic (exact) mass is 256 g/mol. The third-order valence-corrected chi connectivity index (χ3v) is 3.11. The van der Waals surface area contributed by atoms with Crippen LogP contribution in [0.2, 0.25) is 5.02 Å². The van der Waals surface area contributed by atoms with Crippen molar-refractivity contribution in [3.63, 3.8) is 0 Å². The second-order valence-electron chi connectivity index (χ2n) is 3.92. The second kappa shape index (κ2) is 7.54. The van der Waals surface area contributed by atoms with Crippen LogP contribution in [0.1, 0.15) is 18.9 Å². The summed E-state index contributed by atoms with van der Waals surface area (Å²) in [5.41, 5.74) is 2.28. The molecule has 0 atom stereocenters. The lowest BCUT2D eigenvalue weighted by atomic mass is 10.1. The molecule has 17 heavy (non-hydrogen) atoms. The second-order valence-corrected chi connectivity index (χ2v) is 4.33. The molecule has 0 unspecified atom stereocenters. The highest BCUT2D eigenvalue weighted by Gasteiger charge is 2.11. The van der Waals surface area contributed by atoms with Gasteiger partial charge in [-0.3, -0.25) is 0 Å². The summed E-state index contributed by atoms with van der Waals surface area (Å²) in [4.78, 5) is 2.24. The van der Waals surface area contributed by atoms with Crippen molar-refractivity contribution in [3.8, 4) is 0 Å². The standard InChI is InChI=1S/C13H21ClN2O/c1-3-16(8-5-9-17)13-7-4-6-12(14)11(13)10-15-2/h4,6-7,15,17H,3,5,8-10H2,1-2H3. The number of anilines is 1. The summed E-state index contributed by atoms with van der Waals surface area (Å²) in [5.74, 6) is 0. The maximum atomic E-state index is 8.92. The molecule has 2 N–H and O–H groups in total. The number of nitrogens with one attached hydrogen (secondary N) is 1. The first-order valence-corrected chi connectivity index (χ1v) is 6.40. The van der Waals surface area contributed by atoms with Crippen molar-refractivity contribution in [2.45, 2.75) is 19.9 Å². The normalized spacial score (nSPS) is 10.6. The maximum Gasteiger partial charge on any atom is 0.0471 e. The van der Waals surface area contributed by atoms with E-state index in [1.54, 1.807) is 0 Å². The van der Waals surface area contributed by atoms with Gasteiger partial charge in [0, 0.05) is 42.5 Å². The number of nitrogens with zero attached hydrogens (tertiary/aromatic N) is 1. The number of benzene rings is 1. The Morgan fingerprint density at radius 3 is 2.76 bits per heavy atom. The average molecular weight is 257 g/mol. The maximum absolute atomic E-state index is 8.92. The van der Waals surface area contributed by atoms with Crippen molar-refractivity contribution in [2.75, 3.05) is 31.6 Å². The molecule has 0 bridgehead atoms. The molecule has 0 aliphatic carbocycles. The van der Waals surface area contributed by atoms with Crippen LogP contribution in [0, 0.1) is 0 Å². The molecular formula is C13H21ClN2O. The third kappa shape index (κ3) is 3.87. The van der Waals surface area contributed by atoms with Gasteiger partial charge in [-0.05, 0) is 32.5 Å². The molecule has 0 radical (unpaired) electrons. The van der Waals surface area contributed by atoms with E-state index >= 15 is 0 Å². The van der Waals surface area contributed by atoms with Crippen molar-refractivity contribution in [1.29, 1.82) is 0 Å². The lowest BCUT2D eigenvalue weighted by Gasteiger charge is -2.26. The molecule has 1 aromatic rings. The van der Waals surface area contributed by atoms with Crippen LogP contribution in [0.5, 0.6) is 0 Å². The van der Waals surface area contributed by atoms with Crippen molar-refractivity contribution >= 4 is 17.3 Å². The quantitative estimate of drug-likeness (QED) is 0.786. The summed E-state index contributed by atoms with van der Waals surface area (Å²) < 4.78 is 0. The molecule has 0 fully saturated rings. The number of halogens is 1. The molecule has 0 heterocycles. The van der Waals surface area contributed by atoms with Crippen molar-refractivity contribution < 1.29 is 5.11 Å². The van der Waals surface area contributed by atoms with Crippen LogP contribution < -0.4 is 10.2 Å². The van der Waals surface area contributed by atoms with Gasteiger partial charge in [-0.25, -0.2) is 0 Å². The van der Waals surface area contributed by atoms with Gasteiger partial charge in [0.15, 0.2) is 0 Å². The van der Waals surface area contributed by atoms with E-state index in [9.17, 15) is 0 Å². The molecule has 1 aromatic carbocycles. The predicted molar refractivity (Wildman–Crippen MR) is 73.8 cm³/mol. The third-order valence-electron chi connectivity index (χ3n) is 2.76. The fraction of sp³-hybridized carbons (Fsp3) is 0.538. The molecule has 1 rings (SSSR count). The largest absolute Gasteiger partial charge is 0.396 e. The number of aliphatic hydroxyl groups is 1. The van der Waals surface area contributed by atoms with Crippen LogP contribution in [-0.2, 0) is 6.54 Å². The molecular weight excluding hydrogens is 236 g/mol. The molecule has 0 amide bonds. The average Bonchev–Trinajstić information content (AvgIpc) is 2.34. The van der Waals surface area contributed by atoms with Gasteiger partial charge in [0.2, 0.25) is 0 Å². The van der Waals surface area contributed by atoms with Crippen LogP contribution >= 0.6 is 11.6 Å². The van der Waals surface area contributed by atoms with Crippen LogP contribution in [0.15, 0.2) is 18.2 Å². The molecule has 0 saturated carbocycles. The van der Waals surface area contributed by atoms with Crippen LogP contribution in [0.4, 0.5) is 5.69 Å². The van der Waals surface area contributed by atoms with E-state index in [-0.39, 0.29) is 6.61 Å². The molecule has 0 saturated heterocycles. The SMILES string of the molecule is CCN(CCCO)c1cccc(Cl)c1CNC. The van der Waals surface area contributed by atoms with E-state index in [0.717, 1.165) is 42.3 Å². The van der Waals surface area contributed by atoms with E-state index in [2.05, 4.69) is 23.2 Å². The molecule has 0 aromatic heterocycles. The highest BCUT2D eigenvalue weighted by molar-refractivity contribution is 6.31. The molecule has 0 aliphatic heterocycles. The van der Waals surface area contributed by atoms with Crippen LogP contribution in [0.25, 0.3) is 0 Å². The van der Waals surface area contributed by atoms with Gasteiger partial charge in [0.05, 0.1) is 0 Å².